The zero-order chi connectivity index (χ0) is 14.5. The van der Waals surface area contributed by atoms with E-state index >= 15 is 0 Å². The smallest absolute Gasteiger partial charge is 0.269 e. The number of nitrogens with one attached hydrogen (secondary N) is 1. The summed E-state index contributed by atoms with van der Waals surface area (Å²) in [5.41, 5.74) is 0.726. The van der Waals surface area contributed by atoms with E-state index < -0.39 is 4.92 Å². The number of hydrogen-bond acceptors (Lipinski definition) is 4. The second kappa shape index (κ2) is 6.47. The minimum atomic E-state index is -0.438. The highest BCUT2D eigenvalue weighted by molar-refractivity contribution is 5.79. The van der Waals surface area contributed by atoms with Crippen molar-refractivity contribution in [3.63, 3.8) is 0 Å². The predicted octanol–water partition coefficient (Wildman–Crippen LogP) is 1.35. The topological polar surface area (TPSA) is 75.5 Å². The maximum absolute atomic E-state index is 12.2. The van der Waals surface area contributed by atoms with E-state index in [0.717, 1.165) is 25.9 Å². The van der Waals surface area contributed by atoms with Crippen LogP contribution in [0.4, 0.5) is 5.69 Å². The van der Waals surface area contributed by atoms with Crippen molar-refractivity contribution in [2.24, 2.45) is 0 Å². The van der Waals surface area contributed by atoms with E-state index in [1.54, 1.807) is 12.1 Å². The van der Waals surface area contributed by atoms with Gasteiger partial charge in [-0.3, -0.25) is 14.9 Å². The molecule has 1 fully saturated rings. The third-order valence-electron chi connectivity index (χ3n) is 3.73. The second-order valence-corrected chi connectivity index (χ2v) is 5.05. The van der Waals surface area contributed by atoms with E-state index in [4.69, 9.17) is 0 Å². The lowest BCUT2D eigenvalue weighted by atomic mass is 10.0. The standard InChI is InChI=1S/C14H19N3O3/c1-15-12-5-7-16(8-6-12)14(18)10-11-3-2-4-13(9-11)17(19)20/h2-4,9,12,15H,5-8,10H2,1H3. The largest absolute Gasteiger partial charge is 0.342 e. The highest BCUT2D eigenvalue weighted by Crippen LogP contribution is 2.16. The van der Waals surface area contributed by atoms with E-state index in [9.17, 15) is 14.9 Å². The fourth-order valence-corrected chi connectivity index (χ4v) is 2.48. The molecule has 0 bridgehead atoms. The number of rotatable bonds is 4. The molecule has 0 saturated carbocycles. The lowest BCUT2D eigenvalue weighted by molar-refractivity contribution is -0.384. The monoisotopic (exact) mass is 277 g/mol. The molecule has 20 heavy (non-hydrogen) atoms. The molecule has 1 aliphatic rings. The third-order valence-corrected chi connectivity index (χ3v) is 3.73. The van der Waals surface area contributed by atoms with Gasteiger partial charge in [0.15, 0.2) is 0 Å². The van der Waals surface area contributed by atoms with Gasteiger partial charge in [-0.1, -0.05) is 12.1 Å². The number of hydrogen-bond donors (Lipinski definition) is 1. The third kappa shape index (κ3) is 3.54. The number of likely N-dealkylation sites (tertiary alicyclic amines) is 1. The molecular formula is C14H19N3O3. The minimum absolute atomic E-state index is 0.0317. The first-order chi connectivity index (χ1) is 9.60. The van der Waals surface area contributed by atoms with Crippen molar-refractivity contribution in [3.05, 3.63) is 39.9 Å². The molecule has 108 valence electrons. The number of carbonyl (C=O) groups excluding carboxylic acids is 1. The van der Waals surface area contributed by atoms with E-state index in [2.05, 4.69) is 5.32 Å². The van der Waals surface area contributed by atoms with Gasteiger partial charge in [0.25, 0.3) is 5.69 Å². The summed E-state index contributed by atoms with van der Waals surface area (Å²) in [6, 6.07) is 6.76. The lowest BCUT2D eigenvalue weighted by Crippen LogP contribution is -2.44. The quantitative estimate of drug-likeness (QED) is 0.666. The molecule has 0 aliphatic carbocycles. The van der Waals surface area contributed by atoms with Crippen LogP contribution in [-0.4, -0.2) is 41.9 Å². The van der Waals surface area contributed by atoms with Gasteiger partial charge in [-0.25, -0.2) is 0 Å². The minimum Gasteiger partial charge on any atom is -0.342 e. The molecule has 1 heterocycles. The Hall–Kier alpha value is -1.95. The van der Waals surface area contributed by atoms with Crippen molar-refractivity contribution in [1.29, 1.82) is 0 Å². The molecule has 0 radical (unpaired) electrons. The Bertz CT molecular complexity index is 496. The Labute approximate surface area is 117 Å². The molecule has 1 saturated heterocycles. The molecule has 2 rings (SSSR count). The molecule has 6 nitrogen and oxygen atoms in total. The molecule has 0 spiro atoms. The summed E-state index contributed by atoms with van der Waals surface area (Å²) in [6.07, 6.45) is 2.14. The van der Waals surface area contributed by atoms with E-state index in [1.165, 1.54) is 12.1 Å². The number of non-ortho nitro benzene ring substituents is 1. The van der Waals surface area contributed by atoms with Crippen LogP contribution in [0, 0.1) is 10.1 Å². The van der Waals surface area contributed by atoms with Crippen molar-refractivity contribution < 1.29 is 9.72 Å². The molecule has 1 aromatic carbocycles. The molecule has 0 aromatic heterocycles. The molecule has 6 heteroatoms. The Morgan fingerprint density at radius 3 is 2.75 bits per heavy atom. The Balaban J connectivity index is 1.95. The van der Waals surface area contributed by atoms with Gasteiger partial charge >= 0.3 is 0 Å². The van der Waals surface area contributed by atoms with Crippen molar-refractivity contribution in [1.82, 2.24) is 10.2 Å². The van der Waals surface area contributed by atoms with Crippen LogP contribution in [0.25, 0.3) is 0 Å². The highest BCUT2D eigenvalue weighted by atomic mass is 16.6. The summed E-state index contributed by atoms with van der Waals surface area (Å²) in [5, 5.41) is 13.9. The zero-order valence-corrected chi connectivity index (χ0v) is 11.5. The number of nitro benzene ring substituents is 1. The van der Waals surface area contributed by atoms with Gasteiger partial charge in [0.1, 0.15) is 0 Å². The van der Waals surface area contributed by atoms with Crippen molar-refractivity contribution in [2.45, 2.75) is 25.3 Å². The number of amides is 1. The summed E-state index contributed by atoms with van der Waals surface area (Å²) in [7, 11) is 1.94. The van der Waals surface area contributed by atoms with Crippen LogP contribution in [-0.2, 0) is 11.2 Å². The molecule has 1 N–H and O–H groups in total. The fourth-order valence-electron chi connectivity index (χ4n) is 2.48. The van der Waals surface area contributed by atoms with Crippen molar-refractivity contribution in [3.8, 4) is 0 Å². The van der Waals surface area contributed by atoms with Gasteiger partial charge in [0.05, 0.1) is 11.3 Å². The normalized spacial score (nSPS) is 16.1. The molecule has 0 atom stereocenters. The predicted molar refractivity (Wildman–Crippen MR) is 75.5 cm³/mol. The van der Waals surface area contributed by atoms with Gasteiger partial charge in [-0.2, -0.15) is 0 Å². The summed E-state index contributed by atoms with van der Waals surface area (Å²) < 4.78 is 0. The van der Waals surface area contributed by atoms with Gasteiger partial charge in [0.2, 0.25) is 5.91 Å². The number of nitrogens with zero attached hydrogens (tertiary/aromatic N) is 2. The molecule has 0 unspecified atom stereocenters. The van der Waals surface area contributed by atoms with Crippen LogP contribution in [0.3, 0.4) is 0 Å². The average molecular weight is 277 g/mol. The maximum Gasteiger partial charge on any atom is 0.269 e. The summed E-state index contributed by atoms with van der Waals surface area (Å²) >= 11 is 0. The van der Waals surface area contributed by atoms with Crippen LogP contribution >= 0.6 is 0 Å². The van der Waals surface area contributed by atoms with Gasteiger partial charge in [-0.05, 0) is 25.5 Å². The van der Waals surface area contributed by atoms with Gasteiger partial charge in [0, 0.05) is 31.3 Å². The van der Waals surface area contributed by atoms with Gasteiger partial charge in [-0.15, -0.1) is 0 Å². The van der Waals surface area contributed by atoms with Crippen molar-refractivity contribution >= 4 is 11.6 Å². The number of benzene rings is 1. The molecule has 1 aliphatic heterocycles. The Morgan fingerprint density at radius 1 is 1.45 bits per heavy atom. The maximum atomic E-state index is 12.2. The van der Waals surface area contributed by atoms with Crippen LogP contribution in [0.15, 0.2) is 24.3 Å². The van der Waals surface area contributed by atoms with Crippen molar-refractivity contribution in [2.75, 3.05) is 20.1 Å². The van der Waals surface area contributed by atoms with Crippen LogP contribution < -0.4 is 5.32 Å². The number of carbonyl (C=O) groups is 1. The van der Waals surface area contributed by atoms with Crippen LogP contribution in [0.2, 0.25) is 0 Å². The molecule has 1 aromatic rings. The first-order valence-corrected chi connectivity index (χ1v) is 6.78. The Morgan fingerprint density at radius 2 is 2.15 bits per heavy atom. The van der Waals surface area contributed by atoms with E-state index in [-0.39, 0.29) is 18.0 Å². The zero-order valence-electron chi connectivity index (χ0n) is 11.5. The fraction of sp³-hybridized carbons (Fsp3) is 0.500. The average Bonchev–Trinajstić information content (AvgIpc) is 2.47. The summed E-state index contributed by atoms with van der Waals surface area (Å²) in [5.74, 6) is 0.0417. The SMILES string of the molecule is CNC1CCN(C(=O)Cc2cccc([N+](=O)[O-])c2)CC1. The van der Waals surface area contributed by atoms with E-state index in [1.807, 2.05) is 11.9 Å². The van der Waals surface area contributed by atoms with Gasteiger partial charge < -0.3 is 10.2 Å². The lowest BCUT2D eigenvalue weighted by Gasteiger charge is -2.31. The van der Waals surface area contributed by atoms with E-state index in [0.29, 0.717) is 11.6 Å². The molecular weight excluding hydrogens is 258 g/mol. The summed E-state index contributed by atoms with van der Waals surface area (Å²) in [4.78, 5) is 24.3. The number of nitro groups is 1. The summed E-state index contributed by atoms with van der Waals surface area (Å²) in [6.45, 7) is 1.50. The second-order valence-electron chi connectivity index (χ2n) is 5.05. The number of piperidine rings is 1. The van der Waals surface area contributed by atoms with Crippen LogP contribution in [0.1, 0.15) is 18.4 Å². The molecule has 1 amide bonds. The first kappa shape index (κ1) is 14.5. The van der Waals surface area contributed by atoms with Crippen LogP contribution in [0.5, 0.6) is 0 Å². The highest BCUT2D eigenvalue weighted by Gasteiger charge is 2.22. The first-order valence-electron chi connectivity index (χ1n) is 6.78. The Kier molecular flexibility index (Phi) is 4.68.